The molecular weight excluding hydrogens is 616 g/mol. The minimum atomic E-state index is 0.141. The number of hydrogen-bond acceptors (Lipinski definition) is 7. The van der Waals surface area contributed by atoms with Crippen molar-refractivity contribution in [1.82, 2.24) is 0 Å². The lowest BCUT2D eigenvalue weighted by Crippen LogP contribution is -2.07. The van der Waals surface area contributed by atoms with Gasteiger partial charge in [-0.2, -0.15) is 0 Å². The van der Waals surface area contributed by atoms with Crippen molar-refractivity contribution in [3.8, 4) is 40.2 Å². The van der Waals surface area contributed by atoms with Crippen molar-refractivity contribution in [3.63, 3.8) is 0 Å². The second kappa shape index (κ2) is 14.9. The van der Waals surface area contributed by atoms with Crippen molar-refractivity contribution in [2.24, 2.45) is 0 Å². The molecule has 1 aliphatic carbocycles. The van der Waals surface area contributed by atoms with E-state index in [0.717, 1.165) is 47.9 Å². The molecule has 0 spiro atoms. The third-order valence-electron chi connectivity index (χ3n) is 9.71. The Morgan fingerprint density at radius 3 is 1.33 bits per heavy atom. The number of phenolic OH excluding ortho intramolecular Hbond substituents is 5. The van der Waals surface area contributed by atoms with Gasteiger partial charge in [0, 0.05) is 47.9 Å². The van der Waals surface area contributed by atoms with Crippen molar-refractivity contribution in [2.75, 3.05) is 14.2 Å². The van der Waals surface area contributed by atoms with Crippen LogP contribution in [0.25, 0.3) is 0 Å². The highest BCUT2D eigenvalue weighted by Crippen LogP contribution is 2.42. The predicted octanol–water partition coefficient (Wildman–Crippen LogP) is 8.64. The lowest BCUT2D eigenvalue weighted by molar-refractivity contribution is 0.407. The zero-order valence-electron chi connectivity index (χ0n) is 28.1. The smallest absolute Gasteiger partial charge is 0.122 e. The number of methoxy groups -OCH3 is 2. The Labute approximate surface area is 287 Å². The highest BCUT2D eigenvalue weighted by molar-refractivity contribution is 5.56. The van der Waals surface area contributed by atoms with E-state index in [1.165, 1.54) is 6.42 Å². The minimum Gasteiger partial charge on any atom is -0.508 e. The highest BCUT2D eigenvalue weighted by Gasteiger charge is 2.23. The summed E-state index contributed by atoms with van der Waals surface area (Å²) in [5.74, 6) is 2.41. The third-order valence-corrected chi connectivity index (χ3v) is 9.71. The third kappa shape index (κ3) is 7.89. The van der Waals surface area contributed by atoms with Gasteiger partial charge in [-0.15, -0.1) is 0 Å². The molecule has 7 nitrogen and oxygen atoms in total. The zero-order valence-corrected chi connectivity index (χ0v) is 28.1. The number of hydrogen-bond donors (Lipinski definition) is 5. The van der Waals surface area contributed by atoms with E-state index in [1.807, 2.05) is 54.6 Å². The molecule has 0 atom stereocenters. The lowest BCUT2D eigenvalue weighted by atomic mass is 9.81. The summed E-state index contributed by atoms with van der Waals surface area (Å²) < 4.78 is 11.3. The monoisotopic (exact) mass is 660 g/mol. The first kappa shape index (κ1) is 33.6. The largest absolute Gasteiger partial charge is 0.508 e. The predicted molar refractivity (Wildman–Crippen MR) is 191 cm³/mol. The van der Waals surface area contributed by atoms with E-state index in [1.54, 1.807) is 38.5 Å². The van der Waals surface area contributed by atoms with Crippen LogP contribution < -0.4 is 9.47 Å². The molecule has 0 radical (unpaired) electrons. The quantitative estimate of drug-likeness (QED) is 0.0962. The van der Waals surface area contributed by atoms with Crippen LogP contribution in [-0.2, 0) is 25.7 Å². The molecule has 0 saturated heterocycles. The summed E-state index contributed by atoms with van der Waals surface area (Å²) in [4.78, 5) is 0. The number of benzene rings is 5. The summed E-state index contributed by atoms with van der Waals surface area (Å²) in [6, 6.07) is 25.2. The molecule has 0 unspecified atom stereocenters. The molecule has 0 aromatic heterocycles. The molecule has 254 valence electrons. The van der Waals surface area contributed by atoms with Gasteiger partial charge >= 0.3 is 0 Å². The van der Waals surface area contributed by atoms with Crippen LogP contribution in [-0.4, -0.2) is 39.8 Å². The molecule has 7 heteroatoms. The van der Waals surface area contributed by atoms with Gasteiger partial charge in [-0.3, -0.25) is 0 Å². The van der Waals surface area contributed by atoms with Crippen LogP contribution in [0.15, 0.2) is 84.9 Å². The first-order valence-electron chi connectivity index (χ1n) is 16.9. The Bertz CT molecular complexity index is 1910. The van der Waals surface area contributed by atoms with E-state index < -0.39 is 0 Å². The fourth-order valence-electron chi connectivity index (χ4n) is 7.07. The summed E-state index contributed by atoms with van der Waals surface area (Å²) in [5.41, 5.74) is 7.17. The Hall–Kier alpha value is -5.30. The fraction of sp³-hybridized carbons (Fsp3) is 0.286. The van der Waals surface area contributed by atoms with Gasteiger partial charge in [-0.25, -0.2) is 0 Å². The first-order chi connectivity index (χ1) is 23.7. The molecule has 49 heavy (non-hydrogen) atoms. The van der Waals surface area contributed by atoms with Crippen molar-refractivity contribution in [2.45, 2.75) is 63.7 Å². The van der Waals surface area contributed by atoms with Gasteiger partial charge in [0.05, 0.1) is 14.2 Å². The zero-order chi connectivity index (χ0) is 34.5. The molecule has 5 aromatic carbocycles. The van der Waals surface area contributed by atoms with E-state index >= 15 is 0 Å². The number of rotatable bonds is 11. The molecule has 0 amide bonds. The molecule has 5 N–H and O–H groups in total. The van der Waals surface area contributed by atoms with Gasteiger partial charge in [0.15, 0.2) is 0 Å². The Kier molecular flexibility index (Phi) is 10.2. The highest BCUT2D eigenvalue weighted by atomic mass is 16.5. The summed E-state index contributed by atoms with van der Waals surface area (Å²) in [6.07, 6.45) is 7.00. The summed E-state index contributed by atoms with van der Waals surface area (Å²) in [5, 5.41) is 54.3. The van der Waals surface area contributed by atoms with Gasteiger partial charge < -0.3 is 35.0 Å². The van der Waals surface area contributed by atoms with E-state index in [-0.39, 0.29) is 41.1 Å². The van der Waals surface area contributed by atoms with Gasteiger partial charge in [0.2, 0.25) is 0 Å². The molecule has 5 aromatic rings. The maximum Gasteiger partial charge on any atom is 0.122 e. The Morgan fingerprint density at radius 1 is 0.469 bits per heavy atom. The number of phenols is 5. The molecule has 0 aliphatic heterocycles. The molecule has 1 fully saturated rings. The van der Waals surface area contributed by atoms with E-state index in [0.29, 0.717) is 58.6 Å². The Morgan fingerprint density at radius 2 is 0.878 bits per heavy atom. The van der Waals surface area contributed by atoms with Crippen molar-refractivity contribution < 1.29 is 35.0 Å². The van der Waals surface area contributed by atoms with Gasteiger partial charge in [0.1, 0.15) is 40.2 Å². The summed E-state index contributed by atoms with van der Waals surface area (Å²) in [7, 11) is 3.20. The second-order valence-corrected chi connectivity index (χ2v) is 13.2. The number of ether oxygens (including phenoxy) is 2. The first-order valence-corrected chi connectivity index (χ1v) is 16.9. The van der Waals surface area contributed by atoms with Crippen LogP contribution in [0.1, 0.15) is 88.1 Å². The average molecular weight is 661 g/mol. The van der Waals surface area contributed by atoms with Crippen molar-refractivity contribution >= 4 is 0 Å². The van der Waals surface area contributed by atoms with E-state index in [9.17, 15) is 25.5 Å². The van der Waals surface area contributed by atoms with E-state index in [4.69, 9.17) is 9.47 Å². The molecule has 0 bridgehead atoms. The fourth-order valence-corrected chi connectivity index (χ4v) is 7.07. The molecular formula is C42H44O7. The SMILES string of the molecule is COc1cc(Cc2ccc(O)cc2)c(O)c(Cc2cc(Cc3cc(OC)cc(Cc4ccc(O)cc4)c3O)c(O)c(C3CCCCC3)c2)c1. The molecule has 0 heterocycles. The van der Waals surface area contributed by atoms with Crippen LogP contribution in [0.5, 0.6) is 40.2 Å². The minimum absolute atomic E-state index is 0.141. The van der Waals surface area contributed by atoms with Gasteiger partial charge in [-0.1, -0.05) is 55.7 Å². The standard InChI is InChI=1S/C42H44O7/c1-48-37-22-31(16-26-8-12-35(43)13-9-26)40(45)33(24-37)19-28-18-30(42(47)39(20-28)29-6-4-3-5-7-29)21-34-25-38(49-2)23-32(41(34)46)17-27-10-14-36(44)15-11-27/h8-15,18,20,22-25,29,43-47H,3-7,16-17,19,21H2,1-2H3. The Balaban J connectivity index is 1.38. The van der Waals surface area contributed by atoms with Gasteiger partial charge in [-0.05, 0) is 95.1 Å². The van der Waals surface area contributed by atoms with Crippen LogP contribution >= 0.6 is 0 Å². The van der Waals surface area contributed by atoms with Crippen LogP contribution in [0.3, 0.4) is 0 Å². The molecule has 1 aliphatic rings. The lowest BCUT2D eigenvalue weighted by Gasteiger charge is -2.25. The summed E-state index contributed by atoms with van der Waals surface area (Å²) >= 11 is 0. The topological polar surface area (TPSA) is 120 Å². The maximum absolute atomic E-state index is 11.8. The molecule has 6 rings (SSSR count). The van der Waals surface area contributed by atoms with Crippen LogP contribution in [0, 0.1) is 0 Å². The van der Waals surface area contributed by atoms with Crippen molar-refractivity contribution in [1.29, 1.82) is 0 Å². The van der Waals surface area contributed by atoms with Crippen LogP contribution in [0.2, 0.25) is 0 Å². The van der Waals surface area contributed by atoms with E-state index in [2.05, 4.69) is 6.07 Å². The van der Waals surface area contributed by atoms with Gasteiger partial charge in [0.25, 0.3) is 0 Å². The normalized spacial score (nSPS) is 13.3. The van der Waals surface area contributed by atoms with Crippen LogP contribution in [0.4, 0.5) is 0 Å². The maximum atomic E-state index is 11.8. The second-order valence-electron chi connectivity index (χ2n) is 13.2. The van der Waals surface area contributed by atoms with Crippen molar-refractivity contribution in [3.05, 3.63) is 135 Å². The average Bonchev–Trinajstić information content (AvgIpc) is 3.11. The summed E-state index contributed by atoms with van der Waals surface area (Å²) in [6.45, 7) is 0. The number of aromatic hydroxyl groups is 5. The molecule has 1 saturated carbocycles.